The van der Waals surface area contributed by atoms with E-state index in [1.165, 1.54) is 11.3 Å². The minimum absolute atomic E-state index is 0.0305. The molecular weight excluding hydrogens is 364 g/mol. The van der Waals surface area contributed by atoms with Crippen LogP contribution in [0.4, 0.5) is 5.13 Å². The molecule has 148 valence electrons. The first-order valence-electron chi connectivity index (χ1n) is 9.61. The average Bonchev–Trinajstić information content (AvgIpc) is 3.16. The summed E-state index contributed by atoms with van der Waals surface area (Å²) in [5.74, 6) is 0.0702. The Bertz CT molecular complexity index is 743. The van der Waals surface area contributed by atoms with E-state index in [0.717, 1.165) is 10.6 Å². The summed E-state index contributed by atoms with van der Waals surface area (Å²) < 4.78 is 0. The third kappa shape index (κ3) is 4.48. The fraction of sp³-hybridized carbons (Fsp3) is 0.684. The highest BCUT2D eigenvalue weighted by Gasteiger charge is 2.36. The van der Waals surface area contributed by atoms with Crippen molar-refractivity contribution in [1.29, 1.82) is 0 Å². The maximum Gasteiger partial charge on any atom is 0.231 e. The topological polar surface area (TPSA) is 82.6 Å². The Morgan fingerprint density at radius 2 is 2.04 bits per heavy atom. The molecule has 0 radical (unpaired) electrons. The maximum atomic E-state index is 12.5. The lowest BCUT2D eigenvalue weighted by molar-refractivity contribution is -0.133. The van der Waals surface area contributed by atoms with Crippen LogP contribution in [0.2, 0.25) is 0 Å². The summed E-state index contributed by atoms with van der Waals surface area (Å²) in [6, 6.07) is 0.108. The molecule has 1 unspecified atom stereocenters. The number of fused-ring (bicyclic) bond motifs is 1. The van der Waals surface area contributed by atoms with Crippen LogP contribution >= 0.6 is 11.3 Å². The second-order valence-electron chi connectivity index (χ2n) is 8.08. The molecule has 1 fully saturated rings. The van der Waals surface area contributed by atoms with E-state index in [0.29, 0.717) is 43.5 Å². The van der Waals surface area contributed by atoms with Crippen molar-refractivity contribution >= 4 is 34.2 Å². The molecule has 7 nitrogen and oxygen atoms in total. The van der Waals surface area contributed by atoms with Gasteiger partial charge in [-0.05, 0) is 19.8 Å². The van der Waals surface area contributed by atoms with Gasteiger partial charge in [0.05, 0.1) is 18.2 Å². The zero-order valence-electron chi connectivity index (χ0n) is 16.4. The molecule has 27 heavy (non-hydrogen) atoms. The standard InChI is InChI=1S/C19H28N4O3S/c1-11(2)7-16(24)22-6-5-14-15(10-22)27-19(20-14)21-18(26)13-8-17(25)23(9-13)12(3)4/h11-13H,5-10H2,1-4H3,(H,20,21,26). The fourth-order valence-electron chi connectivity index (χ4n) is 3.55. The normalized spacial score (nSPS) is 19.8. The number of rotatable bonds is 5. The van der Waals surface area contributed by atoms with Crippen molar-refractivity contribution in [2.75, 3.05) is 18.4 Å². The van der Waals surface area contributed by atoms with Gasteiger partial charge in [-0.25, -0.2) is 4.98 Å². The molecule has 0 aliphatic carbocycles. The molecule has 2 aliphatic heterocycles. The van der Waals surface area contributed by atoms with Crippen molar-refractivity contribution < 1.29 is 14.4 Å². The number of anilines is 1. The summed E-state index contributed by atoms with van der Waals surface area (Å²) >= 11 is 1.43. The quantitative estimate of drug-likeness (QED) is 0.833. The first kappa shape index (κ1) is 19.8. The van der Waals surface area contributed by atoms with Crippen molar-refractivity contribution in [2.45, 2.75) is 59.5 Å². The number of hydrogen-bond donors (Lipinski definition) is 1. The van der Waals surface area contributed by atoms with Gasteiger partial charge in [-0.2, -0.15) is 0 Å². The van der Waals surface area contributed by atoms with Gasteiger partial charge in [0, 0.05) is 43.3 Å². The lowest BCUT2D eigenvalue weighted by atomic mass is 10.1. The lowest BCUT2D eigenvalue weighted by Gasteiger charge is -2.26. The molecule has 1 aromatic heterocycles. The third-order valence-corrected chi connectivity index (χ3v) is 6.05. The van der Waals surface area contributed by atoms with Crippen molar-refractivity contribution in [3.05, 3.63) is 10.6 Å². The van der Waals surface area contributed by atoms with Gasteiger partial charge >= 0.3 is 0 Å². The Kier molecular flexibility index (Phi) is 5.83. The van der Waals surface area contributed by atoms with E-state index in [-0.39, 0.29) is 36.1 Å². The number of carbonyl (C=O) groups excluding carboxylic acids is 3. The number of amides is 3. The molecule has 0 bridgehead atoms. The summed E-state index contributed by atoms with van der Waals surface area (Å²) in [6.45, 7) is 9.71. The van der Waals surface area contributed by atoms with Gasteiger partial charge < -0.3 is 15.1 Å². The molecule has 3 rings (SSSR count). The summed E-state index contributed by atoms with van der Waals surface area (Å²) in [6.07, 6.45) is 1.53. The summed E-state index contributed by atoms with van der Waals surface area (Å²) in [7, 11) is 0. The number of aromatic nitrogens is 1. The van der Waals surface area contributed by atoms with Crippen molar-refractivity contribution in [3.63, 3.8) is 0 Å². The number of hydrogen-bond acceptors (Lipinski definition) is 5. The van der Waals surface area contributed by atoms with Crippen LogP contribution in [-0.2, 0) is 27.3 Å². The van der Waals surface area contributed by atoms with Gasteiger partial charge in [0.15, 0.2) is 5.13 Å². The van der Waals surface area contributed by atoms with Gasteiger partial charge in [-0.1, -0.05) is 25.2 Å². The highest BCUT2D eigenvalue weighted by molar-refractivity contribution is 7.15. The third-order valence-electron chi connectivity index (χ3n) is 5.05. The molecular formula is C19H28N4O3S. The molecule has 0 spiro atoms. The lowest BCUT2D eigenvalue weighted by Crippen LogP contribution is -2.36. The smallest absolute Gasteiger partial charge is 0.231 e. The molecule has 3 heterocycles. The Morgan fingerprint density at radius 3 is 2.67 bits per heavy atom. The number of nitrogens with one attached hydrogen (secondary N) is 1. The zero-order chi connectivity index (χ0) is 19.7. The predicted molar refractivity (Wildman–Crippen MR) is 104 cm³/mol. The van der Waals surface area contributed by atoms with Gasteiger partial charge in [-0.15, -0.1) is 0 Å². The second kappa shape index (κ2) is 7.96. The van der Waals surface area contributed by atoms with Gasteiger partial charge in [-0.3, -0.25) is 14.4 Å². The molecule has 1 saturated heterocycles. The number of likely N-dealkylation sites (tertiary alicyclic amines) is 1. The minimum Gasteiger partial charge on any atom is -0.339 e. The van der Waals surface area contributed by atoms with Crippen molar-refractivity contribution in [3.8, 4) is 0 Å². The highest BCUT2D eigenvalue weighted by Crippen LogP contribution is 2.30. The molecule has 0 aromatic carbocycles. The van der Waals surface area contributed by atoms with Crippen LogP contribution in [0.15, 0.2) is 0 Å². The van der Waals surface area contributed by atoms with Crippen LogP contribution in [-0.4, -0.2) is 51.6 Å². The monoisotopic (exact) mass is 392 g/mol. The summed E-state index contributed by atoms with van der Waals surface area (Å²) in [4.78, 5) is 46.1. The van der Waals surface area contributed by atoms with Gasteiger partial charge in [0.25, 0.3) is 0 Å². The van der Waals surface area contributed by atoms with E-state index < -0.39 is 0 Å². The molecule has 0 saturated carbocycles. The highest BCUT2D eigenvalue weighted by atomic mass is 32.1. The first-order chi connectivity index (χ1) is 12.7. The Balaban J connectivity index is 1.61. The second-order valence-corrected chi connectivity index (χ2v) is 9.17. The summed E-state index contributed by atoms with van der Waals surface area (Å²) in [5.41, 5.74) is 0.968. The van der Waals surface area contributed by atoms with E-state index in [1.54, 1.807) is 4.90 Å². The Labute approximate surface area is 164 Å². The molecule has 1 atom stereocenters. The predicted octanol–water partition coefficient (Wildman–Crippen LogP) is 2.27. The fourth-order valence-corrected chi connectivity index (χ4v) is 4.58. The van der Waals surface area contributed by atoms with Crippen LogP contribution in [0, 0.1) is 11.8 Å². The largest absolute Gasteiger partial charge is 0.339 e. The van der Waals surface area contributed by atoms with Crippen LogP contribution in [0.25, 0.3) is 0 Å². The van der Waals surface area contributed by atoms with E-state index in [2.05, 4.69) is 10.3 Å². The average molecular weight is 393 g/mol. The molecule has 1 N–H and O–H groups in total. The van der Waals surface area contributed by atoms with Gasteiger partial charge in [0.1, 0.15) is 0 Å². The number of carbonyl (C=O) groups is 3. The maximum absolute atomic E-state index is 12.5. The van der Waals surface area contributed by atoms with Crippen molar-refractivity contribution in [1.82, 2.24) is 14.8 Å². The van der Waals surface area contributed by atoms with Crippen LogP contribution < -0.4 is 5.32 Å². The molecule has 1 aromatic rings. The zero-order valence-corrected chi connectivity index (χ0v) is 17.3. The molecule has 3 amide bonds. The minimum atomic E-state index is -0.329. The van der Waals surface area contributed by atoms with Crippen LogP contribution in [0.3, 0.4) is 0 Å². The Morgan fingerprint density at radius 1 is 1.30 bits per heavy atom. The van der Waals surface area contributed by atoms with Gasteiger partial charge in [0.2, 0.25) is 17.7 Å². The number of nitrogens with zero attached hydrogens (tertiary/aromatic N) is 3. The summed E-state index contributed by atoms with van der Waals surface area (Å²) in [5, 5.41) is 3.45. The Hall–Kier alpha value is -1.96. The van der Waals surface area contributed by atoms with E-state index in [4.69, 9.17) is 0 Å². The van der Waals surface area contributed by atoms with Crippen molar-refractivity contribution in [2.24, 2.45) is 11.8 Å². The number of thiazole rings is 1. The SMILES string of the molecule is CC(C)CC(=O)N1CCc2nc(NC(=O)C3CC(=O)N(C(C)C)C3)sc2C1. The first-order valence-corrected chi connectivity index (χ1v) is 10.4. The van der Waals surface area contributed by atoms with Crippen LogP contribution in [0.1, 0.15) is 51.1 Å². The molecule has 2 aliphatic rings. The van der Waals surface area contributed by atoms with Crippen LogP contribution in [0.5, 0.6) is 0 Å². The van der Waals surface area contributed by atoms with E-state index in [1.807, 2.05) is 32.6 Å². The van der Waals surface area contributed by atoms with E-state index >= 15 is 0 Å². The molecule has 8 heteroatoms. The van der Waals surface area contributed by atoms with E-state index in [9.17, 15) is 14.4 Å².